The molecule has 1 aromatic heterocycles. The van der Waals surface area contributed by atoms with E-state index in [1.165, 1.54) is 0 Å². The summed E-state index contributed by atoms with van der Waals surface area (Å²) in [5.41, 5.74) is 1.95. The van der Waals surface area contributed by atoms with Crippen LogP contribution in [0.15, 0.2) is 24.3 Å². The zero-order chi connectivity index (χ0) is 18.1. The van der Waals surface area contributed by atoms with Crippen molar-refractivity contribution in [1.82, 2.24) is 15.2 Å². The lowest BCUT2D eigenvalue weighted by molar-refractivity contribution is -0.143. The fourth-order valence-corrected chi connectivity index (χ4v) is 3.73. The zero-order valence-electron chi connectivity index (χ0n) is 15.1. The third-order valence-corrected chi connectivity index (χ3v) is 5.35. The summed E-state index contributed by atoms with van der Waals surface area (Å²) >= 11 is 0. The highest BCUT2D eigenvalue weighted by molar-refractivity contribution is 5.89. The van der Waals surface area contributed by atoms with Gasteiger partial charge in [-0.25, -0.2) is 0 Å². The van der Waals surface area contributed by atoms with Gasteiger partial charge >= 0.3 is 0 Å². The number of carbonyl (C=O) groups excluding carboxylic acids is 2. The maximum atomic E-state index is 12.7. The number of hydrogen-bond donors (Lipinski definition) is 2. The second kappa shape index (κ2) is 7.02. The first-order valence-electron chi connectivity index (χ1n) is 9.39. The molecule has 2 heterocycles. The number of ether oxygens (including phenoxy) is 1. The molecule has 2 fully saturated rings. The minimum atomic E-state index is -0.318. The lowest BCUT2D eigenvalue weighted by atomic mass is 10.0. The molecule has 1 aliphatic carbocycles. The summed E-state index contributed by atoms with van der Waals surface area (Å²) in [6.07, 6.45) is 4.70. The summed E-state index contributed by atoms with van der Waals surface area (Å²) in [5.74, 6) is 1.09. The number of H-pyrrole nitrogens is 1. The minimum absolute atomic E-state index is 0.0464. The number of nitrogens with zero attached hydrogens (tertiary/aromatic N) is 1. The molecule has 2 amide bonds. The molecular formula is C20H25N3O3. The van der Waals surface area contributed by atoms with E-state index >= 15 is 0 Å². The van der Waals surface area contributed by atoms with Crippen molar-refractivity contribution < 1.29 is 14.3 Å². The quantitative estimate of drug-likeness (QED) is 0.866. The molecule has 1 saturated heterocycles. The molecule has 0 bridgehead atoms. The van der Waals surface area contributed by atoms with Crippen LogP contribution in [0.1, 0.15) is 37.8 Å². The summed E-state index contributed by atoms with van der Waals surface area (Å²) in [6, 6.07) is 7.54. The normalized spacial score (nSPS) is 20.2. The van der Waals surface area contributed by atoms with Crippen LogP contribution in [0.25, 0.3) is 10.9 Å². The maximum absolute atomic E-state index is 12.7. The molecule has 1 saturated carbocycles. The number of benzene rings is 1. The number of aromatic nitrogens is 1. The summed E-state index contributed by atoms with van der Waals surface area (Å²) in [5, 5.41) is 4.06. The summed E-state index contributed by atoms with van der Waals surface area (Å²) < 4.78 is 5.25. The Morgan fingerprint density at radius 2 is 2.08 bits per heavy atom. The van der Waals surface area contributed by atoms with Gasteiger partial charge < -0.3 is 19.9 Å². The molecular weight excluding hydrogens is 330 g/mol. The van der Waals surface area contributed by atoms with E-state index in [9.17, 15) is 9.59 Å². The van der Waals surface area contributed by atoms with Crippen LogP contribution in [-0.2, 0) is 16.1 Å². The Labute approximate surface area is 152 Å². The Hall–Kier alpha value is -2.50. The molecule has 1 aromatic carbocycles. The highest BCUT2D eigenvalue weighted by Crippen LogP contribution is 2.33. The largest absolute Gasteiger partial charge is 0.497 e. The van der Waals surface area contributed by atoms with Gasteiger partial charge in [-0.3, -0.25) is 9.59 Å². The molecule has 1 atom stereocenters. The lowest BCUT2D eigenvalue weighted by Gasteiger charge is -2.34. The standard InChI is InChI=1S/C20H25N3O3/c1-26-16-7-8-17-14(11-16)10-15(22-17)12-21-19(24)18-4-2-3-9-23(18)20(25)13-5-6-13/h7-8,10-11,13,18,22H,2-6,9,12H2,1H3,(H,21,24)/t18-/m1/s1. The van der Waals surface area contributed by atoms with Gasteiger partial charge in [0, 0.05) is 29.1 Å². The lowest BCUT2D eigenvalue weighted by Crippen LogP contribution is -2.52. The van der Waals surface area contributed by atoms with Gasteiger partial charge in [0.25, 0.3) is 0 Å². The summed E-state index contributed by atoms with van der Waals surface area (Å²) in [7, 11) is 1.65. The van der Waals surface area contributed by atoms with Crippen LogP contribution < -0.4 is 10.1 Å². The molecule has 2 N–H and O–H groups in total. The number of rotatable bonds is 5. The number of fused-ring (bicyclic) bond motifs is 1. The minimum Gasteiger partial charge on any atom is -0.497 e. The van der Waals surface area contributed by atoms with Gasteiger partial charge in [-0.1, -0.05) is 0 Å². The molecule has 0 unspecified atom stereocenters. The van der Waals surface area contributed by atoms with Gasteiger partial charge in [0.05, 0.1) is 13.7 Å². The Morgan fingerprint density at radius 1 is 1.23 bits per heavy atom. The second-order valence-electron chi connectivity index (χ2n) is 7.28. The smallest absolute Gasteiger partial charge is 0.243 e. The van der Waals surface area contributed by atoms with Crippen LogP contribution in [-0.4, -0.2) is 41.4 Å². The average Bonchev–Trinajstić information content (AvgIpc) is 3.44. The van der Waals surface area contributed by atoms with Crippen molar-refractivity contribution in [3.05, 3.63) is 30.0 Å². The first-order chi connectivity index (χ1) is 12.7. The first-order valence-corrected chi connectivity index (χ1v) is 9.39. The van der Waals surface area contributed by atoms with Crippen molar-refractivity contribution in [2.24, 2.45) is 5.92 Å². The molecule has 1 aliphatic heterocycles. The van der Waals surface area contributed by atoms with Crippen molar-refractivity contribution in [2.75, 3.05) is 13.7 Å². The first kappa shape index (κ1) is 16.9. The van der Waals surface area contributed by atoms with E-state index < -0.39 is 0 Å². The highest BCUT2D eigenvalue weighted by Gasteiger charge is 2.39. The van der Waals surface area contributed by atoms with Gasteiger partial charge in [-0.15, -0.1) is 0 Å². The molecule has 2 aromatic rings. The SMILES string of the molecule is COc1ccc2[nH]c(CNC(=O)[C@H]3CCCCN3C(=O)C3CC3)cc2c1. The van der Waals surface area contributed by atoms with Gasteiger partial charge in [-0.2, -0.15) is 0 Å². The second-order valence-corrected chi connectivity index (χ2v) is 7.28. The topological polar surface area (TPSA) is 74.4 Å². The van der Waals surface area contributed by atoms with Crippen molar-refractivity contribution in [1.29, 1.82) is 0 Å². The van der Waals surface area contributed by atoms with Crippen molar-refractivity contribution >= 4 is 22.7 Å². The predicted octanol–water partition coefficient (Wildman–Crippen LogP) is 2.58. The van der Waals surface area contributed by atoms with Crippen LogP contribution in [0, 0.1) is 5.92 Å². The van der Waals surface area contributed by atoms with E-state index in [0.717, 1.165) is 54.5 Å². The molecule has 0 radical (unpaired) electrons. The summed E-state index contributed by atoms with van der Waals surface area (Å²) in [6.45, 7) is 1.14. The fraction of sp³-hybridized carbons (Fsp3) is 0.500. The van der Waals surface area contributed by atoms with E-state index in [2.05, 4.69) is 10.3 Å². The Balaban J connectivity index is 1.41. The van der Waals surface area contributed by atoms with E-state index in [1.54, 1.807) is 7.11 Å². The van der Waals surface area contributed by atoms with Gasteiger partial charge in [0.1, 0.15) is 11.8 Å². The fourth-order valence-electron chi connectivity index (χ4n) is 3.73. The average molecular weight is 355 g/mol. The number of hydrogen-bond acceptors (Lipinski definition) is 3. The Morgan fingerprint density at radius 3 is 2.85 bits per heavy atom. The van der Waals surface area contributed by atoms with Crippen LogP contribution in [0.4, 0.5) is 0 Å². The summed E-state index contributed by atoms with van der Waals surface area (Å²) in [4.78, 5) is 30.3. The molecule has 6 heteroatoms. The molecule has 138 valence electrons. The Bertz CT molecular complexity index is 825. The van der Waals surface area contributed by atoms with Crippen molar-refractivity contribution in [3.8, 4) is 5.75 Å². The van der Waals surface area contributed by atoms with Crippen molar-refractivity contribution in [3.63, 3.8) is 0 Å². The zero-order valence-corrected chi connectivity index (χ0v) is 15.1. The van der Waals surface area contributed by atoms with Gasteiger partial charge in [-0.05, 0) is 56.4 Å². The van der Waals surface area contributed by atoms with Crippen LogP contribution in [0.2, 0.25) is 0 Å². The van der Waals surface area contributed by atoms with Crippen LogP contribution >= 0.6 is 0 Å². The van der Waals surface area contributed by atoms with Crippen molar-refractivity contribution in [2.45, 2.75) is 44.7 Å². The van der Waals surface area contributed by atoms with E-state index in [4.69, 9.17) is 4.74 Å². The number of aromatic amines is 1. The molecule has 6 nitrogen and oxygen atoms in total. The Kier molecular flexibility index (Phi) is 4.57. The molecule has 26 heavy (non-hydrogen) atoms. The van der Waals surface area contributed by atoms with E-state index in [-0.39, 0.29) is 23.8 Å². The van der Waals surface area contributed by atoms with Gasteiger partial charge in [0.2, 0.25) is 11.8 Å². The number of likely N-dealkylation sites (tertiary alicyclic amines) is 1. The number of carbonyl (C=O) groups is 2. The van der Waals surface area contributed by atoms with E-state index in [1.807, 2.05) is 29.2 Å². The monoisotopic (exact) mass is 355 g/mol. The van der Waals surface area contributed by atoms with Gasteiger partial charge in [0.15, 0.2) is 0 Å². The third-order valence-electron chi connectivity index (χ3n) is 5.35. The number of methoxy groups -OCH3 is 1. The van der Waals surface area contributed by atoms with E-state index in [0.29, 0.717) is 13.1 Å². The molecule has 0 spiro atoms. The van der Waals surface area contributed by atoms with Crippen LogP contribution in [0.3, 0.4) is 0 Å². The number of nitrogens with one attached hydrogen (secondary N) is 2. The number of piperidine rings is 1. The predicted molar refractivity (Wildman–Crippen MR) is 98.8 cm³/mol. The molecule has 2 aliphatic rings. The maximum Gasteiger partial charge on any atom is 0.243 e. The highest BCUT2D eigenvalue weighted by atomic mass is 16.5. The van der Waals surface area contributed by atoms with Crippen LogP contribution in [0.5, 0.6) is 5.75 Å². The third kappa shape index (κ3) is 3.41. The molecule has 4 rings (SSSR count). The number of amides is 2.